The van der Waals surface area contributed by atoms with Gasteiger partial charge in [-0.2, -0.15) is 13.2 Å². The van der Waals surface area contributed by atoms with E-state index in [0.717, 1.165) is 32.0 Å². The summed E-state index contributed by atoms with van der Waals surface area (Å²) in [4.78, 5) is 7.14. The highest BCUT2D eigenvalue weighted by Gasteiger charge is 2.34. The second kappa shape index (κ2) is 7.12. The van der Waals surface area contributed by atoms with Crippen molar-refractivity contribution in [2.75, 3.05) is 18.8 Å². The Balaban J connectivity index is 0.00000162. The predicted molar refractivity (Wildman–Crippen MR) is 70.8 cm³/mol. The molecule has 1 aliphatic heterocycles. The molecule has 0 amide bonds. The topological polar surface area (TPSA) is 63.8 Å². The van der Waals surface area contributed by atoms with Gasteiger partial charge < -0.3 is 11.1 Å². The third kappa shape index (κ3) is 4.67. The molecule has 0 atom stereocenters. The molecule has 0 bridgehead atoms. The normalized spacial score (nSPS) is 16.4. The van der Waals surface area contributed by atoms with Crippen LogP contribution < -0.4 is 11.1 Å². The van der Waals surface area contributed by atoms with Gasteiger partial charge in [-0.1, -0.05) is 0 Å². The van der Waals surface area contributed by atoms with Crippen LogP contribution in [0.15, 0.2) is 6.07 Å². The van der Waals surface area contributed by atoms with Crippen LogP contribution in [0.1, 0.15) is 30.1 Å². The van der Waals surface area contributed by atoms with Crippen LogP contribution in [0, 0.1) is 0 Å². The second-order valence-electron chi connectivity index (χ2n) is 4.06. The predicted octanol–water partition coefficient (Wildman–Crippen LogP) is 2.39. The maximum absolute atomic E-state index is 12.6. The van der Waals surface area contributed by atoms with E-state index in [1.165, 1.54) is 0 Å². The minimum absolute atomic E-state index is 0. The highest BCUT2D eigenvalue weighted by Crippen LogP contribution is 2.31. The molecular weight excluding hydrogens is 304 g/mol. The van der Waals surface area contributed by atoms with Crippen molar-refractivity contribution in [1.82, 2.24) is 15.3 Å². The molecule has 2 rings (SSSR count). The number of nitrogens with zero attached hydrogens (tertiary/aromatic N) is 2. The number of aromatic nitrogens is 2. The van der Waals surface area contributed by atoms with Gasteiger partial charge in [-0.05, 0) is 32.0 Å². The van der Waals surface area contributed by atoms with Crippen molar-refractivity contribution in [3.05, 3.63) is 17.5 Å². The van der Waals surface area contributed by atoms with Gasteiger partial charge in [0.1, 0.15) is 5.69 Å². The smallest absolute Gasteiger partial charge is 0.368 e. The van der Waals surface area contributed by atoms with Crippen molar-refractivity contribution in [3.63, 3.8) is 0 Å². The molecule has 2 heterocycles. The number of alkyl halides is 3. The Morgan fingerprint density at radius 2 is 1.74 bits per heavy atom. The summed E-state index contributed by atoms with van der Waals surface area (Å²) in [6, 6.07) is 1.01. The lowest BCUT2D eigenvalue weighted by atomic mass is 9.94. The first-order valence-electron chi connectivity index (χ1n) is 5.39. The number of nitrogens with two attached hydrogens (primary N) is 1. The Morgan fingerprint density at radius 3 is 2.26 bits per heavy atom. The molecule has 110 valence electrons. The highest BCUT2D eigenvalue weighted by molar-refractivity contribution is 5.85. The van der Waals surface area contributed by atoms with E-state index < -0.39 is 11.9 Å². The van der Waals surface area contributed by atoms with Crippen LogP contribution in [0.5, 0.6) is 0 Å². The lowest BCUT2D eigenvalue weighted by Gasteiger charge is -2.22. The molecule has 0 radical (unpaired) electrons. The largest absolute Gasteiger partial charge is 0.433 e. The summed E-state index contributed by atoms with van der Waals surface area (Å²) in [5.41, 5.74) is 4.76. The first-order valence-corrected chi connectivity index (χ1v) is 5.39. The van der Waals surface area contributed by atoms with E-state index in [1.54, 1.807) is 0 Å². The van der Waals surface area contributed by atoms with Gasteiger partial charge in [0.05, 0.1) is 0 Å². The molecule has 0 saturated carbocycles. The van der Waals surface area contributed by atoms with Crippen LogP contribution >= 0.6 is 24.8 Å². The fraction of sp³-hybridized carbons (Fsp3) is 0.600. The summed E-state index contributed by atoms with van der Waals surface area (Å²) in [6.07, 6.45) is -2.93. The van der Waals surface area contributed by atoms with Crippen molar-refractivity contribution in [2.45, 2.75) is 24.9 Å². The SMILES string of the molecule is Cl.Cl.Nc1nc(C2CCNCC2)cc(C(F)(F)F)n1. The third-order valence-electron chi connectivity index (χ3n) is 2.81. The Hall–Kier alpha value is -0.790. The third-order valence-corrected chi connectivity index (χ3v) is 2.81. The number of rotatable bonds is 1. The van der Waals surface area contributed by atoms with E-state index in [2.05, 4.69) is 15.3 Å². The Labute approximate surface area is 121 Å². The highest BCUT2D eigenvalue weighted by atomic mass is 35.5. The van der Waals surface area contributed by atoms with E-state index in [1.807, 2.05) is 0 Å². The molecule has 1 aliphatic rings. The van der Waals surface area contributed by atoms with E-state index in [-0.39, 0.29) is 36.7 Å². The van der Waals surface area contributed by atoms with Gasteiger partial charge in [0, 0.05) is 11.6 Å². The summed E-state index contributed by atoms with van der Waals surface area (Å²) in [6.45, 7) is 1.58. The molecule has 4 nitrogen and oxygen atoms in total. The molecule has 1 aromatic rings. The second-order valence-corrected chi connectivity index (χ2v) is 4.06. The molecular formula is C10H15Cl2F3N4. The van der Waals surface area contributed by atoms with Crippen LogP contribution in [-0.2, 0) is 6.18 Å². The van der Waals surface area contributed by atoms with E-state index in [4.69, 9.17) is 5.73 Å². The molecule has 9 heteroatoms. The molecule has 3 N–H and O–H groups in total. The number of nitrogens with one attached hydrogen (secondary N) is 1. The molecule has 0 spiro atoms. The van der Waals surface area contributed by atoms with Crippen molar-refractivity contribution in [3.8, 4) is 0 Å². The first-order chi connectivity index (χ1) is 7.97. The maximum atomic E-state index is 12.6. The minimum atomic E-state index is -4.47. The van der Waals surface area contributed by atoms with Crippen molar-refractivity contribution in [1.29, 1.82) is 0 Å². The van der Waals surface area contributed by atoms with Gasteiger partial charge in [0.25, 0.3) is 0 Å². The number of anilines is 1. The molecule has 1 aromatic heterocycles. The minimum Gasteiger partial charge on any atom is -0.368 e. The fourth-order valence-electron chi connectivity index (χ4n) is 1.96. The van der Waals surface area contributed by atoms with E-state index in [0.29, 0.717) is 5.69 Å². The van der Waals surface area contributed by atoms with E-state index in [9.17, 15) is 13.2 Å². The molecule has 0 aromatic carbocycles. The van der Waals surface area contributed by atoms with Crippen LogP contribution in [0.3, 0.4) is 0 Å². The maximum Gasteiger partial charge on any atom is 0.433 e. The number of halogens is 5. The lowest BCUT2D eigenvalue weighted by Crippen LogP contribution is -2.27. The van der Waals surface area contributed by atoms with Crippen LogP contribution in [0.25, 0.3) is 0 Å². The van der Waals surface area contributed by atoms with Crippen LogP contribution in [0.2, 0.25) is 0 Å². The number of piperidine rings is 1. The number of nitrogen functional groups attached to an aromatic ring is 1. The standard InChI is InChI=1S/C10H13F3N4.2ClH/c11-10(12,13)8-5-7(16-9(14)17-8)6-1-3-15-4-2-6;;/h5-6,15H,1-4H2,(H2,14,16,17);2*1H. The first kappa shape index (κ1) is 18.2. The Morgan fingerprint density at radius 1 is 1.16 bits per heavy atom. The summed E-state index contributed by atoms with van der Waals surface area (Å²) in [5, 5.41) is 3.15. The zero-order valence-corrected chi connectivity index (χ0v) is 11.5. The quantitative estimate of drug-likeness (QED) is 0.834. The lowest BCUT2D eigenvalue weighted by molar-refractivity contribution is -0.141. The monoisotopic (exact) mass is 318 g/mol. The Bertz CT molecular complexity index is 408. The van der Waals surface area contributed by atoms with Gasteiger partial charge in [0.2, 0.25) is 5.95 Å². The fourth-order valence-corrected chi connectivity index (χ4v) is 1.96. The van der Waals surface area contributed by atoms with Crippen molar-refractivity contribution < 1.29 is 13.2 Å². The molecule has 1 saturated heterocycles. The Kier molecular flexibility index (Phi) is 6.82. The molecule has 19 heavy (non-hydrogen) atoms. The average Bonchev–Trinajstić information content (AvgIpc) is 2.28. The molecule has 1 fully saturated rings. The van der Waals surface area contributed by atoms with Gasteiger partial charge in [-0.25, -0.2) is 9.97 Å². The van der Waals surface area contributed by atoms with Crippen molar-refractivity contribution in [2.24, 2.45) is 0 Å². The average molecular weight is 319 g/mol. The number of hydrogen-bond donors (Lipinski definition) is 2. The van der Waals surface area contributed by atoms with Crippen LogP contribution in [-0.4, -0.2) is 23.1 Å². The molecule has 0 unspecified atom stereocenters. The van der Waals surface area contributed by atoms with Crippen molar-refractivity contribution >= 4 is 30.8 Å². The summed E-state index contributed by atoms with van der Waals surface area (Å²) >= 11 is 0. The van der Waals surface area contributed by atoms with Gasteiger partial charge >= 0.3 is 6.18 Å². The summed E-state index contributed by atoms with van der Waals surface area (Å²) in [7, 11) is 0. The zero-order valence-electron chi connectivity index (χ0n) is 9.91. The van der Waals surface area contributed by atoms with Gasteiger partial charge in [-0.15, -0.1) is 24.8 Å². The van der Waals surface area contributed by atoms with Gasteiger partial charge in [-0.3, -0.25) is 0 Å². The number of hydrogen-bond acceptors (Lipinski definition) is 4. The van der Waals surface area contributed by atoms with E-state index >= 15 is 0 Å². The molecule has 0 aliphatic carbocycles. The zero-order chi connectivity index (χ0) is 12.5. The summed E-state index contributed by atoms with van der Waals surface area (Å²) < 4.78 is 37.7. The summed E-state index contributed by atoms with van der Waals surface area (Å²) in [5.74, 6) is -0.281. The van der Waals surface area contributed by atoms with Gasteiger partial charge in [0.15, 0.2) is 0 Å². The van der Waals surface area contributed by atoms with Crippen LogP contribution in [0.4, 0.5) is 19.1 Å².